The van der Waals surface area contributed by atoms with Gasteiger partial charge in [0.2, 0.25) is 0 Å². The molecule has 0 aliphatic rings. The molecule has 3 nitrogen and oxygen atoms in total. The zero-order valence-corrected chi connectivity index (χ0v) is 9.23. The molecule has 1 aromatic rings. The second-order valence-corrected chi connectivity index (χ2v) is 3.43. The van der Waals surface area contributed by atoms with Crippen molar-refractivity contribution in [1.82, 2.24) is 0 Å². The lowest BCUT2D eigenvalue weighted by atomic mass is 10.2. The molecule has 0 amide bonds. The summed E-state index contributed by atoms with van der Waals surface area (Å²) in [6, 6.07) is 7.02. The number of benzene rings is 1. The number of anilines is 1. The third-order valence-corrected chi connectivity index (χ3v) is 2.35. The maximum Gasteiger partial charge on any atom is 0.335 e. The van der Waals surface area contributed by atoms with Crippen LogP contribution in [0.3, 0.4) is 0 Å². The highest BCUT2D eigenvalue weighted by molar-refractivity contribution is 5.88. The van der Waals surface area contributed by atoms with Gasteiger partial charge in [0, 0.05) is 18.8 Å². The average Bonchev–Trinajstić information content (AvgIpc) is 2.26. The maximum absolute atomic E-state index is 10.7. The topological polar surface area (TPSA) is 40.5 Å². The van der Waals surface area contributed by atoms with Gasteiger partial charge in [0.1, 0.15) is 0 Å². The first kappa shape index (κ1) is 11.6. The van der Waals surface area contributed by atoms with Gasteiger partial charge in [-0.25, -0.2) is 4.79 Å². The van der Waals surface area contributed by atoms with E-state index in [2.05, 4.69) is 18.7 Å². The number of hydrogen-bond donors (Lipinski definition) is 1. The number of hydrogen-bond acceptors (Lipinski definition) is 2. The molecule has 0 fully saturated rings. The highest BCUT2D eigenvalue weighted by Crippen LogP contribution is 2.15. The molecule has 82 valence electrons. The van der Waals surface area contributed by atoms with Crippen LogP contribution in [-0.4, -0.2) is 24.2 Å². The fourth-order valence-electron chi connectivity index (χ4n) is 1.55. The predicted molar refractivity (Wildman–Crippen MR) is 61.6 cm³/mol. The maximum atomic E-state index is 10.7. The van der Waals surface area contributed by atoms with Crippen LogP contribution in [0, 0.1) is 0 Å². The van der Waals surface area contributed by atoms with Crippen LogP contribution in [0.4, 0.5) is 5.69 Å². The van der Waals surface area contributed by atoms with Crippen LogP contribution < -0.4 is 4.90 Å². The van der Waals surface area contributed by atoms with Gasteiger partial charge < -0.3 is 10.0 Å². The van der Waals surface area contributed by atoms with E-state index in [0.717, 1.165) is 25.2 Å². The lowest BCUT2D eigenvalue weighted by Gasteiger charge is -2.22. The number of rotatable bonds is 5. The molecule has 0 radical (unpaired) electrons. The van der Waals surface area contributed by atoms with E-state index < -0.39 is 5.97 Å². The lowest BCUT2D eigenvalue weighted by molar-refractivity contribution is 0.0697. The van der Waals surface area contributed by atoms with E-state index in [1.54, 1.807) is 12.1 Å². The molecule has 0 atom stereocenters. The quantitative estimate of drug-likeness (QED) is 0.806. The fourth-order valence-corrected chi connectivity index (χ4v) is 1.55. The molecule has 0 heterocycles. The Kier molecular flexibility index (Phi) is 4.16. The summed E-state index contributed by atoms with van der Waals surface area (Å²) in [6.07, 6.45) is 1.09. The number of nitrogens with zero attached hydrogens (tertiary/aromatic N) is 1. The summed E-state index contributed by atoms with van der Waals surface area (Å²) in [5, 5.41) is 8.76. The Morgan fingerprint density at radius 1 is 1.27 bits per heavy atom. The van der Waals surface area contributed by atoms with Gasteiger partial charge in [-0.3, -0.25) is 0 Å². The molecule has 0 spiro atoms. The highest BCUT2D eigenvalue weighted by Gasteiger charge is 2.05. The van der Waals surface area contributed by atoms with Crippen LogP contribution in [0.5, 0.6) is 0 Å². The van der Waals surface area contributed by atoms with Crippen molar-refractivity contribution in [2.24, 2.45) is 0 Å². The zero-order valence-electron chi connectivity index (χ0n) is 9.23. The van der Waals surface area contributed by atoms with Gasteiger partial charge >= 0.3 is 5.97 Å². The minimum Gasteiger partial charge on any atom is -0.478 e. The summed E-state index contributed by atoms with van der Waals surface area (Å²) in [5.74, 6) is -0.875. The molecule has 3 heteroatoms. The normalized spacial score (nSPS) is 10.0. The Labute approximate surface area is 90.3 Å². The van der Waals surface area contributed by atoms with Gasteiger partial charge in [-0.2, -0.15) is 0 Å². The molecule has 0 unspecified atom stereocenters. The largest absolute Gasteiger partial charge is 0.478 e. The van der Waals surface area contributed by atoms with Gasteiger partial charge in [0.15, 0.2) is 0 Å². The van der Waals surface area contributed by atoms with E-state index in [1.165, 1.54) is 0 Å². The number of carboxylic acid groups (broad SMARTS) is 1. The van der Waals surface area contributed by atoms with Gasteiger partial charge in [-0.05, 0) is 37.6 Å². The lowest BCUT2D eigenvalue weighted by Crippen LogP contribution is -2.23. The van der Waals surface area contributed by atoms with E-state index in [1.807, 2.05) is 12.1 Å². The molecule has 1 N–H and O–H groups in total. The standard InChI is InChI=1S/C12H17NO2/c1-3-9-13(4-2)11-7-5-10(6-8-11)12(14)15/h5-8H,3-4,9H2,1-2H3,(H,14,15). The third kappa shape index (κ3) is 2.98. The van der Waals surface area contributed by atoms with E-state index in [-0.39, 0.29) is 0 Å². The molecule has 0 saturated heterocycles. The first-order valence-electron chi connectivity index (χ1n) is 5.27. The van der Waals surface area contributed by atoms with Crippen LogP contribution in [0.25, 0.3) is 0 Å². The van der Waals surface area contributed by atoms with Crippen LogP contribution in [0.2, 0.25) is 0 Å². The molecular weight excluding hydrogens is 190 g/mol. The molecule has 1 aromatic carbocycles. The van der Waals surface area contributed by atoms with Crippen molar-refractivity contribution in [2.75, 3.05) is 18.0 Å². The Bertz CT molecular complexity index is 319. The molecule has 0 bridgehead atoms. The van der Waals surface area contributed by atoms with Crippen molar-refractivity contribution in [3.63, 3.8) is 0 Å². The minimum atomic E-state index is -0.875. The summed E-state index contributed by atoms with van der Waals surface area (Å²) >= 11 is 0. The smallest absolute Gasteiger partial charge is 0.335 e. The SMILES string of the molecule is CCCN(CC)c1ccc(C(=O)O)cc1. The first-order valence-corrected chi connectivity index (χ1v) is 5.27. The van der Waals surface area contributed by atoms with Gasteiger partial charge in [-0.1, -0.05) is 6.92 Å². The van der Waals surface area contributed by atoms with Crippen molar-refractivity contribution in [3.8, 4) is 0 Å². The van der Waals surface area contributed by atoms with Gasteiger partial charge in [0.05, 0.1) is 5.56 Å². The van der Waals surface area contributed by atoms with Crippen molar-refractivity contribution in [2.45, 2.75) is 20.3 Å². The molecule has 0 aromatic heterocycles. The second-order valence-electron chi connectivity index (χ2n) is 3.43. The Morgan fingerprint density at radius 2 is 1.87 bits per heavy atom. The van der Waals surface area contributed by atoms with Crippen molar-refractivity contribution < 1.29 is 9.90 Å². The molecule has 15 heavy (non-hydrogen) atoms. The molecule has 0 aliphatic heterocycles. The Hall–Kier alpha value is -1.51. The van der Waals surface area contributed by atoms with Crippen LogP contribution in [-0.2, 0) is 0 Å². The van der Waals surface area contributed by atoms with Crippen molar-refractivity contribution >= 4 is 11.7 Å². The molecule has 0 saturated carbocycles. The van der Waals surface area contributed by atoms with Crippen LogP contribution >= 0.6 is 0 Å². The van der Waals surface area contributed by atoms with Crippen LogP contribution in [0.15, 0.2) is 24.3 Å². The second kappa shape index (κ2) is 5.39. The Balaban J connectivity index is 2.81. The summed E-state index contributed by atoms with van der Waals surface area (Å²) < 4.78 is 0. The third-order valence-electron chi connectivity index (χ3n) is 2.35. The van der Waals surface area contributed by atoms with Gasteiger partial charge in [-0.15, -0.1) is 0 Å². The Morgan fingerprint density at radius 3 is 2.27 bits per heavy atom. The van der Waals surface area contributed by atoms with E-state index in [9.17, 15) is 4.79 Å². The average molecular weight is 207 g/mol. The highest BCUT2D eigenvalue weighted by atomic mass is 16.4. The predicted octanol–water partition coefficient (Wildman–Crippen LogP) is 2.62. The van der Waals surface area contributed by atoms with Gasteiger partial charge in [0.25, 0.3) is 0 Å². The van der Waals surface area contributed by atoms with Crippen LogP contribution in [0.1, 0.15) is 30.6 Å². The molecule has 0 aliphatic carbocycles. The zero-order chi connectivity index (χ0) is 11.3. The number of carbonyl (C=O) groups is 1. The van der Waals surface area contributed by atoms with E-state index in [4.69, 9.17) is 5.11 Å². The minimum absolute atomic E-state index is 0.339. The van der Waals surface area contributed by atoms with E-state index >= 15 is 0 Å². The number of aromatic carboxylic acids is 1. The van der Waals surface area contributed by atoms with Crippen molar-refractivity contribution in [1.29, 1.82) is 0 Å². The summed E-state index contributed by atoms with van der Waals surface area (Å²) in [7, 11) is 0. The monoisotopic (exact) mass is 207 g/mol. The first-order chi connectivity index (χ1) is 7.19. The van der Waals surface area contributed by atoms with E-state index in [0.29, 0.717) is 5.56 Å². The summed E-state index contributed by atoms with van der Waals surface area (Å²) in [6.45, 7) is 6.18. The molecular formula is C12H17NO2. The number of carboxylic acids is 1. The van der Waals surface area contributed by atoms with Crippen molar-refractivity contribution in [3.05, 3.63) is 29.8 Å². The fraction of sp³-hybridized carbons (Fsp3) is 0.417. The molecule has 1 rings (SSSR count). The summed E-state index contributed by atoms with van der Waals surface area (Å²) in [4.78, 5) is 12.9. The summed E-state index contributed by atoms with van der Waals surface area (Å²) in [5.41, 5.74) is 1.43.